The second-order valence-electron chi connectivity index (χ2n) is 7.94. The third-order valence-electron chi connectivity index (χ3n) is 5.48. The van der Waals surface area contributed by atoms with Crippen molar-refractivity contribution in [2.45, 2.75) is 38.4 Å². The Bertz CT molecular complexity index is 970. The van der Waals surface area contributed by atoms with Gasteiger partial charge in [0.05, 0.1) is 5.75 Å². The maximum Gasteiger partial charge on any atom is 0.223 e. The van der Waals surface area contributed by atoms with Gasteiger partial charge in [0.2, 0.25) is 15.9 Å². The van der Waals surface area contributed by atoms with Crippen LogP contribution in [0.4, 0.5) is 0 Å². The van der Waals surface area contributed by atoms with Gasteiger partial charge in [-0.15, -0.1) is 0 Å². The summed E-state index contributed by atoms with van der Waals surface area (Å²) < 4.78 is 27.8. The van der Waals surface area contributed by atoms with Crippen molar-refractivity contribution in [2.75, 3.05) is 19.6 Å². The molecule has 7 heteroatoms. The number of sulfonamides is 1. The Labute approximate surface area is 188 Å². The highest BCUT2D eigenvalue weighted by molar-refractivity contribution is 9.10. The zero-order valence-corrected chi connectivity index (χ0v) is 19.7. The fraction of sp³-hybridized carbons (Fsp3) is 0.435. The normalized spacial score (nSPS) is 15.8. The van der Waals surface area contributed by atoms with E-state index >= 15 is 0 Å². The van der Waals surface area contributed by atoms with Crippen LogP contribution in [0.2, 0.25) is 0 Å². The standard InChI is InChI=1S/C23H29BrN2O3S/c1-18-5-2-6-19(15-18)8-4-12-25-23(27)21-10-13-26(14-11-21)30(28,29)17-20-7-3-9-22(24)16-20/h2-3,5-7,9,15-16,21H,4,8,10-14,17H2,1H3,(H,25,27). The van der Waals surface area contributed by atoms with Gasteiger partial charge in [-0.05, 0) is 55.9 Å². The Morgan fingerprint density at radius 3 is 2.50 bits per heavy atom. The molecule has 0 saturated carbocycles. The lowest BCUT2D eigenvalue weighted by Gasteiger charge is -2.30. The van der Waals surface area contributed by atoms with Gasteiger partial charge in [-0.1, -0.05) is 57.9 Å². The van der Waals surface area contributed by atoms with Gasteiger partial charge in [0.15, 0.2) is 0 Å². The first-order chi connectivity index (χ1) is 14.3. The smallest absolute Gasteiger partial charge is 0.223 e. The molecule has 1 aliphatic rings. The Balaban J connectivity index is 1.41. The molecule has 1 N–H and O–H groups in total. The van der Waals surface area contributed by atoms with Crippen LogP contribution in [-0.4, -0.2) is 38.3 Å². The molecule has 162 valence electrons. The van der Waals surface area contributed by atoms with Crippen LogP contribution in [0.15, 0.2) is 53.0 Å². The fourth-order valence-electron chi connectivity index (χ4n) is 3.84. The monoisotopic (exact) mass is 492 g/mol. The SMILES string of the molecule is Cc1cccc(CCCNC(=O)C2CCN(S(=O)(=O)Cc3cccc(Br)c3)CC2)c1. The molecule has 0 aliphatic carbocycles. The Hall–Kier alpha value is -1.70. The van der Waals surface area contributed by atoms with E-state index in [9.17, 15) is 13.2 Å². The zero-order chi connectivity index (χ0) is 21.6. The number of aryl methyl sites for hydroxylation is 2. The molecule has 0 unspecified atom stereocenters. The number of halogens is 1. The summed E-state index contributed by atoms with van der Waals surface area (Å²) in [6.45, 7) is 3.53. The molecule has 0 aromatic heterocycles. The molecule has 2 aromatic carbocycles. The Morgan fingerprint density at radius 1 is 1.10 bits per heavy atom. The van der Waals surface area contributed by atoms with Gasteiger partial charge in [0.25, 0.3) is 0 Å². The van der Waals surface area contributed by atoms with E-state index in [1.54, 1.807) is 0 Å². The lowest BCUT2D eigenvalue weighted by Crippen LogP contribution is -2.43. The number of piperidine rings is 1. The van der Waals surface area contributed by atoms with Crippen LogP contribution >= 0.6 is 15.9 Å². The largest absolute Gasteiger partial charge is 0.356 e. The Morgan fingerprint density at radius 2 is 1.80 bits per heavy atom. The predicted molar refractivity (Wildman–Crippen MR) is 124 cm³/mol. The molecule has 1 fully saturated rings. The molecule has 2 aromatic rings. The zero-order valence-electron chi connectivity index (χ0n) is 17.3. The summed E-state index contributed by atoms with van der Waals surface area (Å²) in [4.78, 5) is 12.5. The molecule has 1 amide bonds. The van der Waals surface area contributed by atoms with Crippen molar-refractivity contribution >= 4 is 31.9 Å². The summed E-state index contributed by atoms with van der Waals surface area (Å²) >= 11 is 3.38. The quantitative estimate of drug-likeness (QED) is 0.565. The molecule has 1 aliphatic heterocycles. The number of nitrogens with one attached hydrogen (secondary N) is 1. The van der Waals surface area contributed by atoms with Crippen molar-refractivity contribution < 1.29 is 13.2 Å². The van der Waals surface area contributed by atoms with Crippen LogP contribution in [0, 0.1) is 12.8 Å². The van der Waals surface area contributed by atoms with E-state index in [0.29, 0.717) is 32.5 Å². The number of benzene rings is 2. The summed E-state index contributed by atoms with van der Waals surface area (Å²) in [6, 6.07) is 15.8. The predicted octanol–water partition coefficient (Wildman–Crippen LogP) is 4.05. The van der Waals surface area contributed by atoms with Gasteiger partial charge in [-0.25, -0.2) is 12.7 Å². The Kier molecular flexibility index (Phi) is 8.08. The number of carbonyl (C=O) groups excluding carboxylic acids is 1. The van der Waals surface area contributed by atoms with Gasteiger partial charge < -0.3 is 5.32 Å². The maximum atomic E-state index is 12.7. The number of amides is 1. The van der Waals surface area contributed by atoms with Crippen LogP contribution < -0.4 is 5.32 Å². The van der Waals surface area contributed by atoms with E-state index in [2.05, 4.69) is 52.4 Å². The van der Waals surface area contributed by atoms with Gasteiger partial charge in [-0.3, -0.25) is 4.79 Å². The molecule has 0 spiro atoms. The molecule has 0 bridgehead atoms. The first kappa shape index (κ1) is 23.0. The van der Waals surface area contributed by atoms with Crippen LogP contribution in [0.25, 0.3) is 0 Å². The average molecular weight is 493 g/mol. The van der Waals surface area contributed by atoms with E-state index in [4.69, 9.17) is 0 Å². The summed E-state index contributed by atoms with van der Waals surface area (Å²) in [7, 11) is -3.38. The highest BCUT2D eigenvalue weighted by Gasteiger charge is 2.31. The average Bonchev–Trinajstić information content (AvgIpc) is 2.71. The van der Waals surface area contributed by atoms with E-state index in [1.165, 1.54) is 15.4 Å². The first-order valence-corrected chi connectivity index (χ1v) is 12.8. The topological polar surface area (TPSA) is 66.5 Å². The maximum absolute atomic E-state index is 12.7. The third-order valence-corrected chi connectivity index (χ3v) is 7.82. The molecule has 1 saturated heterocycles. The minimum Gasteiger partial charge on any atom is -0.356 e. The lowest BCUT2D eigenvalue weighted by molar-refractivity contribution is -0.126. The summed E-state index contributed by atoms with van der Waals surface area (Å²) in [5.41, 5.74) is 3.30. The number of hydrogen-bond donors (Lipinski definition) is 1. The van der Waals surface area contributed by atoms with Crippen molar-refractivity contribution in [1.82, 2.24) is 9.62 Å². The molecule has 30 heavy (non-hydrogen) atoms. The number of carbonyl (C=O) groups is 1. The van der Waals surface area contributed by atoms with Crippen LogP contribution in [-0.2, 0) is 27.0 Å². The van der Waals surface area contributed by atoms with Gasteiger partial charge in [0, 0.05) is 30.0 Å². The molecule has 0 radical (unpaired) electrons. The third kappa shape index (κ3) is 6.65. The second kappa shape index (κ2) is 10.6. The summed E-state index contributed by atoms with van der Waals surface area (Å²) in [5, 5.41) is 3.02. The van der Waals surface area contributed by atoms with Crippen LogP contribution in [0.1, 0.15) is 36.0 Å². The van der Waals surface area contributed by atoms with Gasteiger partial charge in [-0.2, -0.15) is 0 Å². The fourth-order valence-corrected chi connectivity index (χ4v) is 5.84. The van der Waals surface area contributed by atoms with E-state index in [0.717, 1.165) is 22.9 Å². The van der Waals surface area contributed by atoms with E-state index < -0.39 is 10.0 Å². The summed E-state index contributed by atoms with van der Waals surface area (Å²) in [5.74, 6) is -0.0769. The van der Waals surface area contributed by atoms with Crippen molar-refractivity contribution in [3.05, 3.63) is 69.7 Å². The van der Waals surface area contributed by atoms with Crippen LogP contribution in [0.5, 0.6) is 0 Å². The van der Waals surface area contributed by atoms with E-state index in [-0.39, 0.29) is 17.6 Å². The number of rotatable bonds is 8. The van der Waals surface area contributed by atoms with Gasteiger partial charge in [0.1, 0.15) is 0 Å². The molecular weight excluding hydrogens is 464 g/mol. The van der Waals surface area contributed by atoms with Crippen molar-refractivity contribution in [3.63, 3.8) is 0 Å². The molecule has 5 nitrogen and oxygen atoms in total. The summed E-state index contributed by atoms with van der Waals surface area (Å²) in [6.07, 6.45) is 2.98. The number of nitrogens with zero attached hydrogens (tertiary/aromatic N) is 1. The number of hydrogen-bond acceptors (Lipinski definition) is 3. The molecular formula is C23H29BrN2O3S. The highest BCUT2D eigenvalue weighted by Crippen LogP contribution is 2.23. The lowest BCUT2D eigenvalue weighted by atomic mass is 9.97. The highest BCUT2D eigenvalue weighted by atomic mass is 79.9. The van der Waals surface area contributed by atoms with Crippen molar-refractivity contribution in [2.24, 2.45) is 5.92 Å². The van der Waals surface area contributed by atoms with E-state index in [1.807, 2.05) is 24.3 Å². The first-order valence-electron chi connectivity index (χ1n) is 10.4. The second-order valence-corrected chi connectivity index (χ2v) is 10.8. The molecule has 0 atom stereocenters. The molecule has 3 rings (SSSR count). The minimum atomic E-state index is -3.38. The van der Waals surface area contributed by atoms with Crippen LogP contribution in [0.3, 0.4) is 0 Å². The van der Waals surface area contributed by atoms with Crippen molar-refractivity contribution in [3.8, 4) is 0 Å². The van der Waals surface area contributed by atoms with Gasteiger partial charge >= 0.3 is 0 Å². The van der Waals surface area contributed by atoms with Crippen molar-refractivity contribution in [1.29, 1.82) is 0 Å². The molecule has 1 heterocycles. The minimum absolute atomic E-state index is 0.0116.